The highest BCUT2D eigenvalue weighted by atomic mass is 35.5. The van der Waals surface area contributed by atoms with Crippen LogP contribution in [-0.4, -0.2) is 25.5 Å². The molecule has 0 spiro atoms. The molecule has 0 heterocycles. The number of carbonyl (C=O) groups excluding carboxylic acids is 2. The number of nitrogens with two attached hydrogens (primary N) is 1. The quantitative estimate of drug-likeness (QED) is 0.430. The Balaban J connectivity index is 1.59. The Kier molecular flexibility index (Phi) is 8.19. The number of hydrogen-bond donors (Lipinski definition) is 2. The fraction of sp³-hybridized carbons (Fsp3) is 0.0833. The van der Waals surface area contributed by atoms with E-state index in [1.807, 2.05) is 48.5 Å². The minimum atomic E-state index is -0.580. The van der Waals surface area contributed by atoms with Gasteiger partial charge in [0.15, 0.2) is 18.1 Å². The van der Waals surface area contributed by atoms with Crippen LogP contribution >= 0.6 is 23.4 Å². The second-order valence-electron chi connectivity index (χ2n) is 6.54. The number of rotatable bonds is 9. The molecule has 0 saturated carbocycles. The van der Waals surface area contributed by atoms with Gasteiger partial charge in [-0.05, 0) is 60.2 Å². The SMILES string of the molecule is COc1cc(C=CC(=O)Nc2ccc(Sc3ccccc3Cl)cc2)ccc1OCC(N)=O. The van der Waals surface area contributed by atoms with Crippen LogP contribution in [0.5, 0.6) is 11.5 Å². The normalized spacial score (nSPS) is 10.7. The molecule has 3 aromatic rings. The van der Waals surface area contributed by atoms with Gasteiger partial charge in [0.2, 0.25) is 5.91 Å². The molecule has 0 fully saturated rings. The standard InChI is InChI=1S/C24H21ClN2O4S/c1-30-21-14-16(6-12-20(21)31-15-23(26)28)7-13-24(29)27-17-8-10-18(11-9-17)32-22-5-3-2-4-19(22)25/h2-14H,15H2,1H3,(H2,26,28)(H,27,29). The number of primary amides is 1. The summed E-state index contributed by atoms with van der Waals surface area (Å²) in [5, 5.41) is 3.52. The van der Waals surface area contributed by atoms with E-state index < -0.39 is 5.91 Å². The molecule has 0 bridgehead atoms. The summed E-state index contributed by atoms with van der Waals surface area (Å²) in [6.45, 7) is -0.246. The van der Waals surface area contributed by atoms with Crippen LogP contribution in [0.2, 0.25) is 5.02 Å². The maximum atomic E-state index is 12.3. The van der Waals surface area contributed by atoms with Gasteiger partial charge in [-0.3, -0.25) is 9.59 Å². The molecule has 3 aromatic carbocycles. The lowest BCUT2D eigenvalue weighted by Gasteiger charge is -2.10. The summed E-state index contributed by atoms with van der Waals surface area (Å²) in [6, 6.07) is 20.2. The third-order valence-corrected chi connectivity index (χ3v) is 5.70. The summed E-state index contributed by atoms with van der Waals surface area (Å²) in [4.78, 5) is 25.1. The molecule has 0 atom stereocenters. The maximum absolute atomic E-state index is 12.3. The molecule has 3 N–H and O–H groups in total. The average molecular weight is 469 g/mol. The van der Waals surface area contributed by atoms with E-state index in [1.54, 1.807) is 36.0 Å². The lowest BCUT2D eigenvalue weighted by Crippen LogP contribution is -2.20. The Morgan fingerprint density at radius 3 is 2.50 bits per heavy atom. The predicted molar refractivity (Wildman–Crippen MR) is 127 cm³/mol. The van der Waals surface area contributed by atoms with Gasteiger partial charge < -0.3 is 20.5 Å². The third kappa shape index (κ3) is 6.80. The molecule has 0 unspecified atom stereocenters. The number of nitrogens with one attached hydrogen (secondary N) is 1. The van der Waals surface area contributed by atoms with E-state index >= 15 is 0 Å². The number of anilines is 1. The lowest BCUT2D eigenvalue weighted by molar-refractivity contribution is -0.120. The van der Waals surface area contributed by atoms with Gasteiger partial charge in [-0.1, -0.05) is 41.6 Å². The Labute approximate surface area is 195 Å². The molecule has 0 aliphatic rings. The first-order valence-corrected chi connectivity index (χ1v) is 10.7. The summed E-state index contributed by atoms with van der Waals surface area (Å²) in [5.41, 5.74) is 6.50. The van der Waals surface area contributed by atoms with Crippen molar-refractivity contribution in [3.63, 3.8) is 0 Å². The van der Waals surface area contributed by atoms with Crippen molar-refractivity contribution >= 4 is 46.9 Å². The fourth-order valence-corrected chi connectivity index (χ4v) is 3.76. The van der Waals surface area contributed by atoms with Gasteiger partial charge in [-0.2, -0.15) is 0 Å². The smallest absolute Gasteiger partial charge is 0.255 e. The monoisotopic (exact) mass is 468 g/mol. The molecule has 6 nitrogen and oxygen atoms in total. The average Bonchev–Trinajstić information content (AvgIpc) is 2.79. The number of amides is 2. The van der Waals surface area contributed by atoms with Gasteiger partial charge in [-0.15, -0.1) is 0 Å². The summed E-state index contributed by atoms with van der Waals surface area (Å²) in [5.74, 6) is -0.0317. The predicted octanol–water partition coefficient (Wildman–Crippen LogP) is 5.02. The lowest BCUT2D eigenvalue weighted by atomic mass is 10.2. The minimum absolute atomic E-state index is 0.246. The molecule has 0 aliphatic heterocycles. The van der Waals surface area contributed by atoms with Crippen molar-refractivity contribution in [1.82, 2.24) is 0 Å². The number of carbonyl (C=O) groups is 2. The number of hydrogen-bond acceptors (Lipinski definition) is 5. The molecule has 0 aliphatic carbocycles. The van der Waals surface area contributed by atoms with Gasteiger partial charge in [0.25, 0.3) is 5.91 Å². The van der Waals surface area contributed by atoms with Crippen LogP contribution in [0.3, 0.4) is 0 Å². The van der Waals surface area contributed by atoms with E-state index in [-0.39, 0.29) is 12.5 Å². The molecular weight excluding hydrogens is 448 g/mol. The third-order valence-electron chi connectivity index (χ3n) is 4.17. The van der Waals surface area contributed by atoms with E-state index in [1.165, 1.54) is 13.2 Å². The molecule has 3 rings (SSSR count). The highest BCUT2D eigenvalue weighted by Crippen LogP contribution is 2.33. The van der Waals surface area contributed by atoms with Crippen LogP contribution in [-0.2, 0) is 9.59 Å². The van der Waals surface area contributed by atoms with Crippen LogP contribution in [0, 0.1) is 0 Å². The molecular formula is C24H21ClN2O4S. The van der Waals surface area contributed by atoms with Crippen LogP contribution in [0.4, 0.5) is 5.69 Å². The molecule has 32 heavy (non-hydrogen) atoms. The van der Waals surface area contributed by atoms with Crippen molar-refractivity contribution in [2.45, 2.75) is 9.79 Å². The first-order chi connectivity index (χ1) is 15.4. The molecule has 0 aromatic heterocycles. The summed E-state index contributed by atoms with van der Waals surface area (Å²) in [6.07, 6.45) is 3.07. The first-order valence-electron chi connectivity index (χ1n) is 9.55. The molecule has 8 heteroatoms. The molecule has 2 amide bonds. The number of methoxy groups -OCH3 is 1. The topological polar surface area (TPSA) is 90.7 Å². The van der Waals surface area contributed by atoms with Crippen LogP contribution < -0.4 is 20.5 Å². The minimum Gasteiger partial charge on any atom is -0.493 e. The summed E-state index contributed by atoms with van der Waals surface area (Å²) >= 11 is 7.75. The highest BCUT2D eigenvalue weighted by molar-refractivity contribution is 7.99. The van der Waals surface area contributed by atoms with Gasteiger partial charge in [0.05, 0.1) is 12.1 Å². The first kappa shape index (κ1) is 23.2. The number of halogens is 1. The molecule has 164 valence electrons. The van der Waals surface area contributed by atoms with Gasteiger partial charge in [0, 0.05) is 21.6 Å². The van der Waals surface area contributed by atoms with E-state index in [2.05, 4.69) is 5.32 Å². The van der Waals surface area contributed by atoms with Crippen molar-refractivity contribution in [2.75, 3.05) is 19.0 Å². The fourth-order valence-electron chi connectivity index (χ4n) is 2.67. The van der Waals surface area contributed by atoms with Crippen molar-refractivity contribution in [2.24, 2.45) is 5.73 Å². The number of benzene rings is 3. The Bertz CT molecular complexity index is 1130. The zero-order valence-electron chi connectivity index (χ0n) is 17.2. The van der Waals surface area contributed by atoms with Gasteiger partial charge in [0.1, 0.15) is 0 Å². The van der Waals surface area contributed by atoms with Crippen molar-refractivity contribution < 1.29 is 19.1 Å². The van der Waals surface area contributed by atoms with Crippen LogP contribution in [0.15, 0.2) is 82.6 Å². The Morgan fingerprint density at radius 2 is 1.81 bits per heavy atom. The largest absolute Gasteiger partial charge is 0.493 e. The van der Waals surface area contributed by atoms with Crippen molar-refractivity contribution in [1.29, 1.82) is 0 Å². The summed E-state index contributed by atoms with van der Waals surface area (Å²) in [7, 11) is 1.49. The van der Waals surface area contributed by atoms with E-state index in [0.29, 0.717) is 22.2 Å². The van der Waals surface area contributed by atoms with Crippen molar-refractivity contribution in [3.8, 4) is 11.5 Å². The van der Waals surface area contributed by atoms with Crippen molar-refractivity contribution in [3.05, 3.63) is 83.4 Å². The second-order valence-corrected chi connectivity index (χ2v) is 8.07. The van der Waals surface area contributed by atoms with E-state index in [0.717, 1.165) is 15.4 Å². The zero-order chi connectivity index (χ0) is 22.9. The Hall–Kier alpha value is -3.42. The van der Waals surface area contributed by atoms with Crippen LogP contribution in [0.25, 0.3) is 6.08 Å². The summed E-state index contributed by atoms with van der Waals surface area (Å²) < 4.78 is 10.6. The molecule has 0 radical (unpaired) electrons. The maximum Gasteiger partial charge on any atom is 0.255 e. The van der Waals surface area contributed by atoms with E-state index in [4.69, 9.17) is 26.8 Å². The second kappa shape index (κ2) is 11.3. The zero-order valence-corrected chi connectivity index (χ0v) is 18.8. The number of ether oxygens (including phenoxy) is 2. The van der Waals surface area contributed by atoms with Crippen LogP contribution in [0.1, 0.15) is 5.56 Å². The van der Waals surface area contributed by atoms with Gasteiger partial charge in [-0.25, -0.2) is 0 Å². The Morgan fingerprint density at radius 1 is 1.06 bits per heavy atom. The highest BCUT2D eigenvalue weighted by Gasteiger charge is 2.07. The van der Waals surface area contributed by atoms with E-state index in [9.17, 15) is 9.59 Å². The molecule has 0 saturated heterocycles. The van der Waals surface area contributed by atoms with Gasteiger partial charge >= 0.3 is 0 Å².